The Morgan fingerprint density at radius 3 is 2.91 bits per heavy atom. The first-order chi connectivity index (χ1) is 10.8. The first kappa shape index (κ1) is 15.1. The summed E-state index contributed by atoms with van der Waals surface area (Å²) in [7, 11) is 1.65. The van der Waals surface area contributed by atoms with Gasteiger partial charge >= 0.3 is 0 Å². The summed E-state index contributed by atoms with van der Waals surface area (Å²) in [6.45, 7) is 1.73. The van der Waals surface area contributed by atoms with Crippen LogP contribution in [0.2, 0.25) is 0 Å². The summed E-state index contributed by atoms with van der Waals surface area (Å²) in [6, 6.07) is 6.39. The molecule has 1 aromatic carbocycles. The summed E-state index contributed by atoms with van der Waals surface area (Å²) in [5, 5.41) is 13.8. The van der Waals surface area contributed by atoms with Gasteiger partial charge in [0.15, 0.2) is 0 Å². The van der Waals surface area contributed by atoms with E-state index in [1.54, 1.807) is 7.11 Å². The van der Waals surface area contributed by atoms with Crippen LogP contribution in [0.4, 0.5) is 0 Å². The van der Waals surface area contributed by atoms with Crippen LogP contribution >= 0.6 is 0 Å². The van der Waals surface area contributed by atoms with Gasteiger partial charge < -0.3 is 14.6 Å². The zero-order valence-electron chi connectivity index (χ0n) is 12.9. The maximum atomic E-state index is 9.29. The molecule has 1 saturated heterocycles. The van der Waals surface area contributed by atoms with Gasteiger partial charge in [-0.25, -0.2) is 0 Å². The Hall–Kier alpha value is -1.85. The zero-order chi connectivity index (χ0) is 15.4. The Morgan fingerprint density at radius 2 is 2.18 bits per heavy atom. The second-order valence-electron chi connectivity index (χ2n) is 5.55. The molecule has 0 saturated carbocycles. The third kappa shape index (κ3) is 3.15. The minimum absolute atomic E-state index is 0.119. The van der Waals surface area contributed by atoms with Crippen LogP contribution in [0.1, 0.15) is 24.4 Å². The molecule has 0 bridgehead atoms. The molecule has 0 atom stereocenters. The summed E-state index contributed by atoms with van der Waals surface area (Å²) in [6.07, 6.45) is 6.62. The molecule has 118 valence electrons. The van der Waals surface area contributed by atoms with E-state index in [9.17, 15) is 5.11 Å². The van der Waals surface area contributed by atoms with E-state index in [-0.39, 0.29) is 6.61 Å². The van der Waals surface area contributed by atoms with Crippen molar-refractivity contribution < 1.29 is 14.6 Å². The minimum Gasteiger partial charge on any atom is -0.497 e. The molecule has 0 radical (unpaired) electrons. The van der Waals surface area contributed by atoms with E-state index in [4.69, 9.17) is 9.47 Å². The van der Waals surface area contributed by atoms with Crippen LogP contribution in [0.25, 0.3) is 11.1 Å². The van der Waals surface area contributed by atoms with E-state index in [0.717, 1.165) is 48.5 Å². The van der Waals surface area contributed by atoms with E-state index in [2.05, 4.69) is 11.3 Å². The highest BCUT2D eigenvalue weighted by atomic mass is 16.5. The topological polar surface area (TPSA) is 56.5 Å². The fourth-order valence-electron chi connectivity index (χ4n) is 2.93. The summed E-state index contributed by atoms with van der Waals surface area (Å²) >= 11 is 0. The SMILES string of the molecule is COc1ccc(-c2cnn(C3CCOCC3)c2)c(CCO)c1. The van der Waals surface area contributed by atoms with Gasteiger partial charge in [0.2, 0.25) is 0 Å². The van der Waals surface area contributed by atoms with Crippen molar-refractivity contribution >= 4 is 0 Å². The van der Waals surface area contributed by atoms with Crippen molar-refractivity contribution in [3.05, 3.63) is 36.2 Å². The third-order valence-electron chi connectivity index (χ3n) is 4.17. The minimum atomic E-state index is 0.119. The number of methoxy groups -OCH3 is 1. The van der Waals surface area contributed by atoms with Crippen molar-refractivity contribution in [3.8, 4) is 16.9 Å². The quantitative estimate of drug-likeness (QED) is 0.921. The molecular formula is C17H22N2O3. The molecule has 0 spiro atoms. The average molecular weight is 302 g/mol. The summed E-state index contributed by atoms with van der Waals surface area (Å²) in [5.41, 5.74) is 3.26. The van der Waals surface area contributed by atoms with E-state index < -0.39 is 0 Å². The average Bonchev–Trinajstić information content (AvgIpc) is 3.05. The predicted molar refractivity (Wildman–Crippen MR) is 84.1 cm³/mol. The molecule has 5 heteroatoms. The van der Waals surface area contributed by atoms with Gasteiger partial charge in [0, 0.05) is 31.6 Å². The highest BCUT2D eigenvalue weighted by Crippen LogP contribution is 2.29. The van der Waals surface area contributed by atoms with Crippen molar-refractivity contribution in [1.82, 2.24) is 9.78 Å². The molecule has 0 amide bonds. The van der Waals surface area contributed by atoms with Crippen molar-refractivity contribution in [1.29, 1.82) is 0 Å². The Morgan fingerprint density at radius 1 is 1.36 bits per heavy atom. The number of hydrogen-bond acceptors (Lipinski definition) is 4. The largest absolute Gasteiger partial charge is 0.497 e. The number of aromatic nitrogens is 2. The molecule has 1 aliphatic heterocycles. The maximum absolute atomic E-state index is 9.29. The molecule has 0 aliphatic carbocycles. The van der Waals surface area contributed by atoms with Crippen LogP contribution in [0.5, 0.6) is 5.75 Å². The lowest BCUT2D eigenvalue weighted by Crippen LogP contribution is -2.19. The second kappa shape index (κ2) is 6.94. The van der Waals surface area contributed by atoms with Gasteiger partial charge in [0.1, 0.15) is 5.75 Å². The van der Waals surface area contributed by atoms with Crippen LogP contribution in [-0.2, 0) is 11.2 Å². The number of benzene rings is 1. The fourth-order valence-corrected chi connectivity index (χ4v) is 2.93. The molecule has 2 heterocycles. The van der Waals surface area contributed by atoms with E-state index in [1.165, 1.54) is 0 Å². The fraction of sp³-hybridized carbons (Fsp3) is 0.471. The lowest BCUT2D eigenvalue weighted by atomic mass is 10.00. The van der Waals surface area contributed by atoms with Gasteiger partial charge in [0.25, 0.3) is 0 Å². The van der Waals surface area contributed by atoms with Gasteiger partial charge in [-0.05, 0) is 42.5 Å². The molecule has 5 nitrogen and oxygen atoms in total. The van der Waals surface area contributed by atoms with Crippen molar-refractivity contribution in [2.75, 3.05) is 26.9 Å². The zero-order valence-corrected chi connectivity index (χ0v) is 12.9. The normalized spacial score (nSPS) is 15.9. The van der Waals surface area contributed by atoms with Gasteiger partial charge in [-0.2, -0.15) is 5.10 Å². The molecule has 1 aromatic heterocycles. The number of aliphatic hydroxyl groups excluding tert-OH is 1. The molecule has 1 aliphatic rings. The second-order valence-corrected chi connectivity index (χ2v) is 5.55. The van der Waals surface area contributed by atoms with Gasteiger partial charge in [-0.3, -0.25) is 4.68 Å². The van der Waals surface area contributed by atoms with Crippen LogP contribution < -0.4 is 4.74 Å². The number of nitrogens with zero attached hydrogens (tertiary/aromatic N) is 2. The Balaban J connectivity index is 1.88. The molecule has 0 unspecified atom stereocenters. The lowest BCUT2D eigenvalue weighted by molar-refractivity contribution is 0.0662. The van der Waals surface area contributed by atoms with Crippen LogP contribution in [0, 0.1) is 0 Å². The molecule has 2 aromatic rings. The summed E-state index contributed by atoms with van der Waals surface area (Å²) < 4.78 is 12.7. The van der Waals surface area contributed by atoms with Crippen molar-refractivity contribution in [2.24, 2.45) is 0 Å². The smallest absolute Gasteiger partial charge is 0.119 e. The van der Waals surface area contributed by atoms with Crippen molar-refractivity contribution in [2.45, 2.75) is 25.3 Å². The Bertz CT molecular complexity index is 618. The molecule has 3 rings (SSSR count). The molecule has 1 fully saturated rings. The monoisotopic (exact) mass is 302 g/mol. The van der Waals surface area contributed by atoms with Gasteiger partial charge in [0.05, 0.1) is 19.3 Å². The molecular weight excluding hydrogens is 280 g/mol. The predicted octanol–water partition coefficient (Wildman–Crippen LogP) is 2.45. The van der Waals surface area contributed by atoms with Gasteiger partial charge in [-0.15, -0.1) is 0 Å². The van der Waals surface area contributed by atoms with Crippen LogP contribution in [0.15, 0.2) is 30.6 Å². The van der Waals surface area contributed by atoms with E-state index >= 15 is 0 Å². The Kier molecular flexibility index (Phi) is 4.75. The van der Waals surface area contributed by atoms with Crippen LogP contribution in [-0.4, -0.2) is 41.8 Å². The highest BCUT2D eigenvalue weighted by molar-refractivity contribution is 5.67. The summed E-state index contributed by atoms with van der Waals surface area (Å²) in [4.78, 5) is 0. The number of hydrogen-bond donors (Lipinski definition) is 1. The van der Waals surface area contributed by atoms with E-state index in [0.29, 0.717) is 12.5 Å². The third-order valence-corrected chi connectivity index (χ3v) is 4.17. The lowest BCUT2D eigenvalue weighted by Gasteiger charge is -2.22. The first-order valence-corrected chi connectivity index (χ1v) is 7.72. The number of ether oxygens (including phenoxy) is 2. The highest BCUT2D eigenvalue weighted by Gasteiger charge is 2.17. The first-order valence-electron chi connectivity index (χ1n) is 7.72. The number of rotatable bonds is 5. The maximum Gasteiger partial charge on any atom is 0.119 e. The standard InChI is InChI=1S/C17H22N2O3/c1-21-16-2-3-17(13(10-16)4-7-20)14-11-18-19(12-14)15-5-8-22-9-6-15/h2-3,10-12,15,20H,4-9H2,1H3. The van der Waals surface area contributed by atoms with E-state index in [1.807, 2.05) is 29.1 Å². The van der Waals surface area contributed by atoms with Crippen LogP contribution in [0.3, 0.4) is 0 Å². The molecule has 1 N–H and O–H groups in total. The summed E-state index contributed by atoms with van der Waals surface area (Å²) in [5.74, 6) is 0.809. The molecule has 22 heavy (non-hydrogen) atoms. The number of aliphatic hydroxyl groups is 1. The van der Waals surface area contributed by atoms with Gasteiger partial charge in [-0.1, -0.05) is 6.07 Å². The Labute approximate surface area is 130 Å². The van der Waals surface area contributed by atoms with Crippen molar-refractivity contribution in [3.63, 3.8) is 0 Å².